The number of para-hydroxylation sites is 1. The number of hydrogen-bond donors (Lipinski definition) is 2. The molecule has 5 nitrogen and oxygen atoms in total. The van der Waals surface area contributed by atoms with Gasteiger partial charge in [0.15, 0.2) is 0 Å². The summed E-state index contributed by atoms with van der Waals surface area (Å²) in [5, 5.41) is 4.08. The number of benzene rings is 2. The minimum Gasteiger partial charge on any atom is -0.467 e. The molecule has 0 aliphatic carbocycles. The van der Waals surface area contributed by atoms with Crippen molar-refractivity contribution in [3.05, 3.63) is 69.8 Å². The van der Waals surface area contributed by atoms with Crippen LogP contribution in [0.3, 0.4) is 0 Å². The van der Waals surface area contributed by atoms with Crippen molar-refractivity contribution in [3.63, 3.8) is 0 Å². The van der Waals surface area contributed by atoms with E-state index in [2.05, 4.69) is 10.3 Å². The van der Waals surface area contributed by atoms with Crippen LogP contribution in [0.4, 0.5) is 0 Å². The first-order valence-electron chi connectivity index (χ1n) is 7.89. The van der Waals surface area contributed by atoms with Gasteiger partial charge in [0.1, 0.15) is 6.04 Å². The van der Waals surface area contributed by atoms with Gasteiger partial charge >= 0.3 is 5.97 Å². The average Bonchev–Trinajstić information content (AvgIpc) is 3.03. The summed E-state index contributed by atoms with van der Waals surface area (Å²) in [5.41, 5.74) is 1.97. The predicted molar refractivity (Wildman–Crippen MR) is 102 cm³/mol. The fourth-order valence-electron chi connectivity index (χ4n) is 2.80. The standard InChI is InChI=1S/C19H16Cl2N2O3/c1-26-19(25)16(9-11-10-22-15-8-3-2-5-12(11)15)23-18(24)17-13(20)6-4-7-14(17)21/h2-8,10,16,22H,9H2,1H3,(H,23,24). The Kier molecular flexibility index (Phi) is 5.49. The number of halogens is 2. The lowest BCUT2D eigenvalue weighted by Crippen LogP contribution is -2.43. The highest BCUT2D eigenvalue weighted by Crippen LogP contribution is 2.25. The Balaban J connectivity index is 1.87. The molecule has 134 valence electrons. The first-order valence-corrected chi connectivity index (χ1v) is 8.64. The van der Waals surface area contributed by atoms with E-state index < -0.39 is 17.9 Å². The van der Waals surface area contributed by atoms with Crippen LogP contribution in [0.1, 0.15) is 15.9 Å². The summed E-state index contributed by atoms with van der Waals surface area (Å²) < 4.78 is 4.84. The highest BCUT2D eigenvalue weighted by Gasteiger charge is 2.25. The van der Waals surface area contributed by atoms with Crippen LogP contribution in [0.2, 0.25) is 10.0 Å². The molecule has 0 radical (unpaired) electrons. The van der Waals surface area contributed by atoms with Crippen LogP contribution >= 0.6 is 23.2 Å². The number of ether oxygens (including phenoxy) is 1. The number of amides is 1. The number of aromatic amines is 1. The second kappa shape index (κ2) is 7.81. The monoisotopic (exact) mass is 390 g/mol. The van der Waals surface area contributed by atoms with Crippen molar-refractivity contribution in [2.45, 2.75) is 12.5 Å². The third-order valence-corrected chi connectivity index (χ3v) is 4.71. The van der Waals surface area contributed by atoms with Crippen LogP contribution in [-0.2, 0) is 16.0 Å². The Morgan fingerprint density at radius 3 is 2.50 bits per heavy atom. The Morgan fingerprint density at radius 1 is 1.12 bits per heavy atom. The molecule has 2 aromatic carbocycles. The maximum absolute atomic E-state index is 12.6. The maximum atomic E-state index is 12.6. The van der Waals surface area contributed by atoms with Gasteiger partial charge in [0.05, 0.1) is 22.7 Å². The molecule has 3 rings (SSSR count). The lowest BCUT2D eigenvalue weighted by molar-refractivity contribution is -0.142. The summed E-state index contributed by atoms with van der Waals surface area (Å²) in [6, 6.07) is 11.6. The molecular formula is C19H16Cl2N2O3. The lowest BCUT2D eigenvalue weighted by Gasteiger charge is -2.17. The smallest absolute Gasteiger partial charge is 0.328 e. The zero-order chi connectivity index (χ0) is 18.7. The van der Waals surface area contributed by atoms with Gasteiger partial charge in [-0.2, -0.15) is 0 Å². The van der Waals surface area contributed by atoms with Crippen LogP contribution < -0.4 is 5.32 Å². The summed E-state index contributed by atoms with van der Waals surface area (Å²) >= 11 is 12.2. The van der Waals surface area contributed by atoms with E-state index in [0.29, 0.717) is 0 Å². The molecule has 0 bridgehead atoms. The zero-order valence-corrected chi connectivity index (χ0v) is 15.4. The number of nitrogens with one attached hydrogen (secondary N) is 2. The highest BCUT2D eigenvalue weighted by atomic mass is 35.5. The van der Waals surface area contributed by atoms with Crippen molar-refractivity contribution in [1.29, 1.82) is 0 Å². The topological polar surface area (TPSA) is 71.2 Å². The first-order chi connectivity index (χ1) is 12.5. The predicted octanol–water partition coefficient (Wildman–Crippen LogP) is 3.99. The van der Waals surface area contributed by atoms with E-state index in [4.69, 9.17) is 27.9 Å². The number of H-pyrrole nitrogens is 1. The van der Waals surface area contributed by atoms with Crippen LogP contribution in [0.15, 0.2) is 48.7 Å². The molecule has 0 saturated carbocycles. The van der Waals surface area contributed by atoms with Crippen molar-refractivity contribution in [2.75, 3.05) is 7.11 Å². The highest BCUT2D eigenvalue weighted by molar-refractivity contribution is 6.39. The van der Waals surface area contributed by atoms with Crippen molar-refractivity contribution in [2.24, 2.45) is 0 Å². The Hall–Kier alpha value is -2.50. The lowest BCUT2D eigenvalue weighted by atomic mass is 10.0. The molecule has 0 aliphatic heterocycles. The fraction of sp³-hybridized carbons (Fsp3) is 0.158. The van der Waals surface area contributed by atoms with Crippen molar-refractivity contribution >= 4 is 46.0 Å². The van der Waals surface area contributed by atoms with Gasteiger partial charge in [-0.3, -0.25) is 4.79 Å². The van der Waals surface area contributed by atoms with Gasteiger partial charge in [-0.05, 0) is 23.8 Å². The summed E-state index contributed by atoms with van der Waals surface area (Å²) in [5.74, 6) is -1.08. The number of aromatic nitrogens is 1. The molecule has 1 heterocycles. The molecule has 26 heavy (non-hydrogen) atoms. The minimum absolute atomic E-state index is 0.128. The molecule has 2 N–H and O–H groups in total. The molecule has 1 unspecified atom stereocenters. The maximum Gasteiger partial charge on any atom is 0.328 e. The number of hydrogen-bond acceptors (Lipinski definition) is 3. The number of esters is 1. The zero-order valence-electron chi connectivity index (χ0n) is 13.9. The first kappa shape index (κ1) is 18.3. The van der Waals surface area contributed by atoms with Gasteiger partial charge in [-0.15, -0.1) is 0 Å². The van der Waals surface area contributed by atoms with Gasteiger partial charge in [0.25, 0.3) is 5.91 Å². The fourth-order valence-corrected chi connectivity index (χ4v) is 3.37. The number of carbonyl (C=O) groups is 2. The van der Waals surface area contributed by atoms with Gasteiger partial charge < -0.3 is 15.0 Å². The minimum atomic E-state index is -0.876. The van der Waals surface area contributed by atoms with Crippen molar-refractivity contribution in [3.8, 4) is 0 Å². The van der Waals surface area contributed by atoms with Crippen molar-refractivity contribution in [1.82, 2.24) is 10.3 Å². The molecule has 0 spiro atoms. The van der Waals surface area contributed by atoms with E-state index in [-0.39, 0.29) is 22.0 Å². The number of rotatable bonds is 5. The average molecular weight is 391 g/mol. The van der Waals surface area contributed by atoms with Gasteiger partial charge in [0, 0.05) is 23.5 Å². The molecule has 1 amide bonds. The summed E-state index contributed by atoms with van der Waals surface area (Å²) in [6.07, 6.45) is 2.08. The Labute approximate surface area is 160 Å². The third-order valence-electron chi connectivity index (χ3n) is 4.08. The molecule has 0 fully saturated rings. The van der Waals surface area contributed by atoms with Crippen LogP contribution in [0, 0.1) is 0 Å². The van der Waals surface area contributed by atoms with E-state index in [0.717, 1.165) is 16.5 Å². The van der Waals surface area contributed by atoms with E-state index in [1.165, 1.54) is 7.11 Å². The second-order valence-electron chi connectivity index (χ2n) is 5.71. The molecule has 1 atom stereocenters. The second-order valence-corrected chi connectivity index (χ2v) is 6.52. The van der Waals surface area contributed by atoms with Crippen molar-refractivity contribution < 1.29 is 14.3 Å². The summed E-state index contributed by atoms with van der Waals surface area (Å²) in [7, 11) is 1.28. The molecule has 3 aromatic rings. The Bertz CT molecular complexity index is 948. The number of fused-ring (bicyclic) bond motifs is 1. The normalized spacial score (nSPS) is 12.0. The van der Waals surface area contributed by atoms with E-state index in [9.17, 15) is 9.59 Å². The molecule has 7 heteroatoms. The van der Waals surface area contributed by atoms with E-state index in [1.807, 2.05) is 30.5 Å². The van der Waals surface area contributed by atoms with Crippen LogP contribution in [-0.4, -0.2) is 30.0 Å². The number of methoxy groups -OCH3 is 1. The van der Waals surface area contributed by atoms with Gasteiger partial charge in [-0.25, -0.2) is 4.79 Å². The van der Waals surface area contributed by atoms with Gasteiger partial charge in [-0.1, -0.05) is 47.5 Å². The van der Waals surface area contributed by atoms with Crippen LogP contribution in [0.25, 0.3) is 10.9 Å². The molecule has 1 aromatic heterocycles. The molecular weight excluding hydrogens is 375 g/mol. The van der Waals surface area contributed by atoms with Crippen LogP contribution in [0.5, 0.6) is 0 Å². The largest absolute Gasteiger partial charge is 0.467 e. The van der Waals surface area contributed by atoms with E-state index in [1.54, 1.807) is 18.2 Å². The van der Waals surface area contributed by atoms with Gasteiger partial charge in [0.2, 0.25) is 0 Å². The van der Waals surface area contributed by atoms with E-state index >= 15 is 0 Å². The molecule has 0 aliphatic rings. The Morgan fingerprint density at radius 2 is 1.81 bits per heavy atom. The summed E-state index contributed by atoms with van der Waals surface area (Å²) in [6.45, 7) is 0. The third kappa shape index (κ3) is 3.69. The summed E-state index contributed by atoms with van der Waals surface area (Å²) in [4.78, 5) is 28.0. The quantitative estimate of drug-likeness (QED) is 0.647. The number of carbonyl (C=O) groups excluding carboxylic acids is 2. The SMILES string of the molecule is COC(=O)C(Cc1c[nH]c2ccccc12)NC(=O)c1c(Cl)cccc1Cl. The molecule has 0 saturated heterocycles.